The fourth-order valence-electron chi connectivity index (χ4n) is 3.29. The largest absolute Gasteiger partial charge is 0.313 e. The van der Waals surface area contributed by atoms with Crippen molar-refractivity contribution in [2.45, 2.75) is 26.2 Å². The number of hydrogen-bond donors (Lipinski definition) is 0. The van der Waals surface area contributed by atoms with Crippen molar-refractivity contribution in [2.24, 2.45) is 5.10 Å². The Labute approximate surface area is 181 Å². The Morgan fingerprint density at radius 3 is 2.80 bits per heavy atom. The van der Waals surface area contributed by atoms with Crippen LogP contribution in [-0.2, 0) is 6.42 Å². The van der Waals surface area contributed by atoms with Gasteiger partial charge in [-0.25, -0.2) is 9.37 Å². The zero-order valence-corrected chi connectivity index (χ0v) is 18.0. The lowest BCUT2D eigenvalue weighted by Gasteiger charge is -2.10. The predicted molar refractivity (Wildman–Crippen MR) is 121 cm³/mol. The van der Waals surface area contributed by atoms with Crippen molar-refractivity contribution in [1.82, 2.24) is 14.2 Å². The first-order chi connectivity index (χ1) is 14.6. The van der Waals surface area contributed by atoms with Gasteiger partial charge >= 0.3 is 0 Å². The first-order valence-corrected chi connectivity index (χ1v) is 10.6. The minimum Gasteiger partial charge on any atom is -0.313 e. The first-order valence-electron chi connectivity index (χ1n) is 9.76. The van der Waals surface area contributed by atoms with Gasteiger partial charge in [-0.3, -0.25) is 4.79 Å². The van der Waals surface area contributed by atoms with E-state index in [1.165, 1.54) is 10.7 Å². The molecule has 0 bridgehead atoms. The van der Waals surface area contributed by atoms with Gasteiger partial charge in [-0.1, -0.05) is 41.4 Å². The van der Waals surface area contributed by atoms with E-state index in [0.717, 1.165) is 17.3 Å². The van der Waals surface area contributed by atoms with Crippen LogP contribution in [0.5, 0.6) is 0 Å². The molecule has 0 aliphatic carbocycles. The number of fused-ring (bicyclic) bond motifs is 1. The summed E-state index contributed by atoms with van der Waals surface area (Å²) in [7, 11) is 0. The Hall–Kier alpha value is -3.06. The number of rotatable bonds is 6. The Kier molecular flexibility index (Phi) is 5.90. The van der Waals surface area contributed by atoms with Gasteiger partial charge in [-0.2, -0.15) is 9.78 Å². The smallest absolute Gasteiger partial charge is 0.282 e. The summed E-state index contributed by atoms with van der Waals surface area (Å²) in [6.45, 7) is 2.09. The van der Waals surface area contributed by atoms with Crippen LogP contribution in [0.15, 0.2) is 75.2 Å². The summed E-state index contributed by atoms with van der Waals surface area (Å²) in [5.41, 5.74) is 1.49. The van der Waals surface area contributed by atoms with Crippen LogP contribution in [0.25, 0.3) is 16.6 Å². The third-order valence-electron chi connectivity index (χ3n) is 4.83. The van der Waals surface area contributed by atoms with Crippen LogP contribution in [-0.4, -0.2) is 20.4 Å². The molecule has 0 atom stereocenters. The number of halogens is 2. The predicted octanol–water partition coefficient (Wildman–Crippen LogP) is 5.31. The summed E-state index contributed by atoms with van der Waals surface area (Å²) >= 11 is 3.41. The molecule has 0 saturated carbocycles. The highest BCUT2D eigenvalue weighted by molar-refractivity contribution is 9.10. The molecule has 2 aromatic carbocycles. The van der Waals surface area contributed by atoms with Gasteiger partial charge in [0, 0.05) is 17.1 Å². The van der Waals surface area contributed by atoms with Crippen molar-refractivity contribution in [3.63, 3.8) is 0 Å². The van der Waals surface area contributed by atoms with Gasteiger partial charge in [0.25, 0.3) is 5.56 Å². The Morgan fingerprint density at radius 1 is 1.17 bits per heavy atom. The highest BCUT2D eigenvalue weighted by Gasteiger charge is 2.12. The molecule has 0 saturated heterocycles. The molecule has 152 valence electrons. The van der Waals surface area contributed by atoms with Crippen LogP contribution >= 0.6 is 15.9 Å². The minimum atomic E-state index is -0.332. The van der Waals surface area contributed by atoms with Gasteiger partial charge in [0.1, 0.15) is 11.6 Å². The zero-order chi connectivity index (χ0) is 21.1. The highest BCUT2D eigenvalue weighted by atomic mass is 79.9. The molecular formula is C23H20BrFN4O. The van der Waals surface area contributed by atoms with E-state index in [9.17, 15) is 9.18 Å². The number of para-hydroxylation sites is 1. The minimum absolute atomic E-state index is 0.229. The maximum atomic E-state index is 14.2. The van der Waals surface area contributed by atoms with Crippen LogP contribution in [0.3, 0.4) is 0 Å². The van der Waals surface area contributed by atoms with E-state index in [1.54, 1.807) is 41.2 Å². The van der Waals surface area contributed by atoms with Crippen molar-refractivity contribution >= 4 is 33.0 Å². The van der Waals surface area contributed by atoms with Gasteiger partial charge in [-0.05, 0) is 48.9 Å². The zero-order valence-electron chi connectivity index (χ0n) is 16.4. The lowest BCUT2D eigenvalue weighted by atomic mass is 10.2. The molecular weight excluding hydrogens is 447 g/mol. The van der Waals surface area contributed by atoms with Gasteiger partial charge in [0.15, 0.2) is 0 Å². The Balaban J connectivity index is 1.82. The summed E-state index contributed by atoms with van der Waals surface area (Å²) in [5, 5.41) is 4.95. The van der Waals surface area contributed by atoms with Crippen molar-refractivity contribution in [3.8, 4) is 5.69 Å². The number of aryl methyl sites for hydroxylation is 1. The van der Waals surface area contributed by atoms with E-state index in [1.807, 2.05) is 24.3 Å². The van der Waals surface area contributed by atoms with Crippen LogP contribution in [0.4, 0.5) is 4.39 Å². The van der Waals surface area contributed by atoms with E-state index in [0.29, 0.717) is 34.5 Å². The molecule has 2 heterocycles. The summed E-state index contributed by atoms with van der Waals surface area (Å²) in [6.07, 6.45) is 5.85. The normalized spacial score (nSPS) is 11.6. The van der Waals surface area contributed by atoms with Crippen molar-refractivity contribution in [2.75, 3.05) is 0 Å². The topological polar surface area (TPSA) is 52.2 Å². The maximum absolute atomic E-state index is 14.2. The standard InChI is InChI=1S/C23H20BrFN4O/c1-2-3-10-22-27-20-12-11-16(24)14-18(20)23(30)29(22)26-15-17-7-6-13-28(17)21-9-5-4-8-19(21)25/h4-9,11-15H,2-3,10H2,1H3. The molecule has 0 spiro atoms. The number of nitrogens with zero attached hydrogens (tertiary/aromatic N) is 4. The molecule has 30 heavy (non-hydrogen) atoms. The van der Waals surface area contributed by atoms with Crippen LogP contribution < -0.4 is 5.56 Å². The first kappa shape index (κ1) is 20.2. The SMILES string of the molecule is CCCCc1nc2ccc(Br)cc2c(=O)n1N=Cc1cccn1-c1ccccc1F. The second kappa shape index (κ2) is 8.75. The maximum Gasteiger partial charge on any atom is 0.282 e. The number of unbranched alkanes of at least 4 members (excludes halogenated alkanes) is 1. The van der Waals surface area contributed by atoms with E-state index in [-0.39, 0.29) is 11.4 Å². The number of benzene rings is 2. The van der Waals surface area contributed by atoms with Crippen LogP contribution in [0.1, 0.15) is 31.3 Å². The van der Waals surface area contributed by atoms with Gasteiger partial charge < -0.3 is 4.57 Å². The van der Waals surface area contributed by atoms with Crippen molar-refractivity contribution in [1.29, 1.82) is 0 Å². The Bertz CT molecular complexity index is 1290. The fraction of sp³-hybridized carbons (Fsp3) is 0.174. The van der Waals surface area contributed by atoms with Crippen molar-refractivity contribution in [3.05, 3.63) is 93.0 Å². The monoisotopic (exact) mass is 466 g/mol. The summed E-state index contributed by atoms with van der Waals surface area (Å²) in [4.78, 5) is 17.8. The Morgan fingerprint density at radius 2 is 2.00 bits per heavy atom. The molecule has 2 aromatic heterocycles. The average molecular weight is 467 g/mol. The van der Waals surface area contributed by atoms with E-state index in [4.69, 9.17) is 0 Å². The molecule has 0 unspecified atom stereocenters. The van der Waals surface area contributed by atoms with Crippen LogP contribution in [0.2, 0.25) is 0 Å². The third kappa shape index (κ3) is 3.98. The highest BCUT2D eigenvalue weighted by Crippen LogP contribution is 2.18. The van der Waals surface area contributed by atoms with Crippen molar-refractivity contribution < 1.29 is 4.39 Å². The molecule has 4 rings (SSSR count). The molecule has 0 aliphatic heterocycles. The molecule has 0 fully saturated rings. The summed E-state index contributed by atoms with van der Waals surface area (Å²) in [5.74, 6) is 0.276. The van der Waals surface area contributed by atoms with Gasteiger partial charge in [0.05, 0.1) is 28.5 Å². The second-order valence-corrected chi connectivity index (χ2v) is 7.82. The molecule has 0 amide bonds. The molecule has 7 heteroatoms. The summed E-state index contributed by atoms with van der Waals surface area (Å²) < 4.78 is 18.1. The summed E-state index contributed by atoms with van der Waals surface area (Å²) in [6, 6.07) is 15.6. The van der Waals surface area contributed by atoms with Crippen LogP contribution in [0, 0.1) is 5.82 Å². The quantitative estimate of drug-likeness (QED) is 0.361. The van der Waals surface area contributed by atoms with Gasteiger partial charge in [0.2, 0.25) is 0 Å². The molecule has 0 radical (unpaired) electrons. The molecule has 0 N–H and O–H groups in total. The second-order valence-electron chi connectivity index (χ2n) is 6.91. The molecule has 0 aliphatic rings. The van der Waals surface area contributed by atoms with E-state index < -0.39 is 0 Å². The lowest BCUT2D eigenvalue weighted by Crippen LogP contribution is -2.22. The molecule has 5 nitrogen and oxygen atoms in total. The number of hydrogen-bond acceptors (Lipinski definition) is 3. The van der Waals surface area contributed by atoms with E-state index >= 15 is 0 Å². The van der Waals surface area contributed by atoms with Gasteiger partial charge in [-0.15, -0.1) is 0 Å². The average Bonchev–Trinajstić information content (AvgIpc) is 3.21. The third-order valence-corrected chi connectivity index (χ3v) is 5.32. The van der Waals surface area contributed by atoms with E-state index in [2.05, 4.69) is 32.9 Å². The fourth-order valence-corrected chi connectivity index (χ4v) is 3.65. The molecule has 4 aromatic rings. The lowest BCUT2D eigenvalue weighted by molar-refractivity contribution is 0.618. The number of aromatic nitrogens is 3.